The SMILES string of the molecule is Cc1c(O)[c-]c(O)c(C)c1O.[Zn]. The minimum absolute atomic E-state index is 0. The Balaban J connectivity index is 0.00000121. The van der Waals surface area contributed by atoms with E-state index in [1.807, 2.05) is 0 Å². The number of hydrogen-bond acceptors (Lipinski definition) is 3. The fourth-order valence-corrected chi connectivity index (χ4v) is 0.805. The Bertz CT molecular complexity index is 271. The van der Waals surface area contributed by atoms with Crippen LogP contribution in [-0.2, 0) is 19.5 Å². The van der Waals surface area contributed by atoms with E-state index < -0.39 is 0 Å². The largest absolute Gasteiger partial charge is 0.533 e. The normalized spacial score (nSPS) is 9.17. The topological polar surface area (TPSA) is 60.7 Å². The van der Waals surface area contributed by atoms with Crippen LogP contribution < -0.4 is 0 Å². The monoisotopic (exact) mass is 217 g/mol. The molecule has 4 heteroatoms. The van der Waals surface area contributed by atoms with Gasteiger partial charge in [0.2, 0.25) is 0 Å². The van der Waals surface area contributed by atoms with Crippen LogP contribution in [0.3, 0.4) is 0 Å². The number of aromatic hydroxyl groups is 3. The van der Waals surface area contributed by atoms with Crippen molar-refractivity contribution in [2.45, 2.75) is 13.8 Å². The molecule has 0 aliphatic rings. The van der Waals surface area contributed by atoms with Gasteiger partial charge < -0.3 is 15.3 Å². The summed E-state index contributed by atoms with van der Waals surface area (Å²) in [5.74, 6) is -0.519. The standard InChI is InChI=1S/C8H9O3.Zn/c1-4-6(9)3-7(10)5(2)8(4)11;/h9-11H,1-2H3;/q-1;. The molecule has 0 atom stereocenters. The van der Waals surface area contributed by atoms with Crippen LogP contribution in [0, 0.1) is 19.9 Å². The van der Waals surface area contributed by atoms with Gasteiger partial charge in [-0.1, -0.05) is 31.0 Å². The third-order valence-corrected chi connectivity index (χ3v) is 1.66. The summed E-state index contributed by atoms with van der Waals surface area (Å²) in [5.41, 5.74) is 0.667. The van der Waals surface area contributed by atoms with Crippen molar-refractivity contribution < 1.29 is 34.8 Å². The molecule has 0 aliphatic heterocycles. The van der Waals surface area contributed by atoms with Gasteiger partial charge in [0.1, 0.15) is 0 Å². The van der Waals surface area contributed by atoms with Gasteiger partial charge in [0.25, 0.3) is 0 Å². The Hall–Kier alpha value is -0.757. The first-order chi connectivity index (χ1) is 5.04. The number of hydrogen-bond donors (Lipinski definition) is 3. The van der Waals surface area contributed by atoms with E-state index in [0.717, 1.165) is 0 Å². The molecule has 1 aromatic rings. The van der Waals surface area contributed by atoms with Crippen LogP contribution in [0.5, 0.6) is 17.2 Å². The van der Waals surface area contributed by atoms with Crippen molar-refractivity contribution in [3.63, 3.8) is 0 Å². The van der Waals surface area contributed by atoms with E-state index in [1.54, 1.807) is 13.8 Å². The maximum atomic E-state index is 9.23. The van der Waals surface area contributed by atoms with E-state index in [9.17, 15) is 5.11 Å². The van der Waals surface area contributed by atoms with Crippen molar-refractivity contribution in [1.82, 2.24) is 0 Å². The second-order valence-corrected chi connectivity index (χ2v) is 2.42. The molecule has 1 aromatic carbocycles. The molecule has 62 valence electrons. The van der Waals surface area contributed by atoms with E-state index in [2.05, 4.69) is 6.07 Å². The molecule has 0 aromatic heterocycles. The zero-order valence-electron chi connectivity index (χ0n) is 7.05. The Morgan fingerprint density at radius 2 is 1.25 bits per heavy atom. The summed E-state index contributed by atoms with van der Waals surface area (Å²) in [5, 5.41) is 27.3. The summed E-state index contributed by atoms with van der Waals surface area (Å²) in [6.07, 6.45) is 0. The quantitative estimate of drug-likeness (QED) is 0.453. The molecule has 0 saturated heterocycles. The van der Waals surface area contributed by atoms with Crippen molar-refractivity contribution in [2.24, 2.45) is 0 Å². The maximum absolute atomic E-state index is 9.23. The number of phenols is 3. The van der Waals surface area contributed by atoms with Crippen molar-refractivity contribution in [3.8, 4) is 17.2 Å². The van der Waals surface area contributed by atoms with Gasteiger partial charge >= 0.3 is 0 Å². The molecule has 0 aliphatic carbocycles. The van der Waals surface area contributed by atoms with E-state index in [-0.39, 0.29) is 36.7 Å². The Labute approximate surface area is 83.4 Å². The third kappa shape index (κ3) is 1.70. The predicted molar refractivity (Wildman–Crippen MR) is 39.7 cm³/mol. The molecule has 0 radical (unpaired) electrons. The van der Waals surface area contributed by atoms with E-state index >= 15 is 0 Å². The van der Waals surface area contributed by atoms with Crippen LogP contribution in [0.1, 0.15) is 11.1 Å². The van der Waals surface area contributed by atoms with Crippen LogP contribution in [-0.4, -0.2) is 15.3 Å². The average molecular weight is 219 g/mol. The van der Waals surface area contributed by atoms with Crippen molar-refractivity contribution in [3.05, 3.63) is 17.2 Å². The van der Waals surface area contributed by atoms with Gasteiger partial charge in [-0.15, -0.1) is 0 Å². The zero-order chi connectivity index (χ0) is 8.59. The molecule has 0 unspecified atom stereocenters. The fraction of sp³-hybridized carbons (Fsp3) is 0.250. The van der Waals surface area contributed by atoms with Gasteiger partial charge in [-0.3, -0.25) is 0 Å². The zero-order valence-corrected chi connectivity index (χ0v) is 10.0. The van der Waals surface area contributed by atoms with Gasteiger partial charge in [0.15, 0.2) is 0 Å². The van der Waals surface area contributed by atoms with Gasteiger partial charge in [-0.2, -0.15) is 0 Å². The summed E-state index contributed by atoms with van der Waals surface area (Å²) in [6.45, 7) is 3.10. The van der Waals surface area contributed by atoms with Gasteiger partial charge in [-0.05, 0) is 0 Å². The smallest absolute Gasteiger partial charge is 0.0208 e. The molecular weight excluding hydrogens is 209 g/mol. The number of benzene rings is 1. The summed E-state index contributed by atoms with van der Waals surface area (Å²) in [6, 6.07) is 2.30. The van der Waals surface area contributed by atoms with E-state index in [4.69, 9.17) is 10.2 Å². The first-order valence-electron chi connectivity index (χ1n) is 3.17. The number of phenolic OH excluding ortho intramolecular Hbond substituents is 3. The summed E-state index contributed by atoms with van der Waals surface area (Å²) >= 11 is 0. The van der Waals surface area contributed by atoms with Crippen LogP contribution in [0.4, 0.5) is 0 Å². The summed E-state index contributed by atoms with van der Waals surface area (Å²) in [4.78, 5) is 0. The molecule has 1 rings (SSSR count). The minimum atomic E-state index is -0.217. The van der Waals surface area contributed by atoms with Gasteiger partial charge in [0.05, 0.1) is 0 Å². The van der Waals surface area contributed by atoms with Crippen LogP contribution in [0.25, 0.3) is 0 Å². The van der Waals surface area contributed by atoms with Crippen molar-refractivity contribution >= 4 is 0 Å². The molecule has 3 nitrogen and oxygen atoms in total. The molecule has 0 saturated carbocycles. The molecule has 0 bridgehead atoms. The summed E-state index contributed by atoms with van der Waals surface area (Å²) < 4.78 is 0. The molecule has 0 fully saturated rings. The Kier molecular flexibility index (Phi) is 3.53. The van der Waals surface area contributed by atoms with Crippen molar-refractivity contribution in [1.29, 1.82) is 0 Å². The first-order valence-corrected chi connectivity index (χ1v) is 3.17. The molecular formula is C8H9O3Zn-. The van der Waals surface area contributed by atoms with E-state index in [0.29, 0.717) is 11.1 Å². The average Bonchev–Trinajstić information content (AvgIpc) is 1.97. The van der Waals surface area contributed by atoms with Gasteiger partial charge in [0, 0.05) is 36.7 Å². The molecule has 12 heavy (non-hydrogen) atoms. The van der Waals surface area contributed by atoms with Crippen molar-refractivity contribution in [2.75, 3.05) is 0 Å². The number of rotatable bonds is 0. The minimum Gasteiger partial charge on any atom is -0.533 e. The fourth-order valence-electron chi connectivity index (χ4n) is 0.805. The Morgan fingerprint density at radius 3 is 1.58 bits per heavy atom. The predicted octanol–water partition coefficient (Wildman–Crippen LogP) is 1.22. The second kappa shape index (κ2) is 3.77. The third-order valence-electron chi connectivity index (χ3n) is 1.66. The molecule has 0 heterocycles. The van der Waals surface area contributed by atoms with E-state index in [1.165, 1.54) is 0 Å². The first kappa shape index (κ1) is 11.2. The van der Waals surface area contributed by atoms with Crippen LogP contribution in [0.2, 0.25) is 0 Å². The van der Waals surface area contributed by atoms with Gasteiger partial charge in [-0.25, -0.2) is 0 Å². The maximum Gasteiger partial charge on any atom is 0.0208 e. The van der Waals surface area contributed by atoms with Crippen LogP contribution in [0.15, 0.2) is 0 Å². The van der Waals surface area contributed by atoms with Crippen LogP contribution >= 0.6 is 0 Å². The molecule has 0 spiro atoms. The summed E-state index contributed by atoms with van der Waals surface area (Å²) in [7, 11) is 0. The second-order valence-electron chi connectivity index (χ2n) is 2.42. The molecule has 3 N–H and O–H groups in total. The molecule has 0 amide bonds. The Morgan fingerprint density at radius 1 is 0.917 bits per heavy atom.